The summed E-state index contributed by atoms with van der Waals surface area (Å²) in [6.45, 7) is 12.3. The molecule has 5 nitrogen and oxygen atoms in total. The normalized spacial score (nSPS) is 11.3. The van der Waals surface area contributed by atoms with Crippen molar-refractivity contribution in [2.45, 2.75) is 47.6 Å². The van der Waals surface area contributed by atoms with Crippen molar-refractivity contribution in [3.05, 3.63) is 35.0 Å². The van der Waals surface area contributed by atoms with Crippen LogP contribution in [-0.2, 0) is 13.0 Å². The lowest BCUT2D eigenvalue weighted by molar-refractivity contribution is 0.551. The Morgan fingerprint density at radius 2 is 1.95 bits per heavy atom. The Bertz CT molecular complexity index is 601. The van der Waals surface area contributed by atoms with E-state index in [4.69, 9.17) is 0 Å². The highest BCUT2D eigenvalue weighted by atomic mass is 15.4. The second-order valence-corrected chi connectivity index (χ2v) is 5.82. The maximum Gasteiger partial charge on any atom is 0.156 e. The van der Waals surface area contributed by atoms with E-state index in [0.29, 0.717) is 5.92 Å². The van der Waals surface area contributed by atoms with E-state index in [1.54, 1.807) is 0 Å². The molecule has 0 fully saturated rings. The molecule has 0 spiro atoms. The number of hydrogen-bond donors (Lipinski definition) is 1. The molecule has 0 unspecified atom stereocenters. The Labute approximate surface area is 126 Å². The zero-order valence-corrected chi connectivity index (χ0v) is 13.6. The van der Waals surface area contributed by atoms with Gasteiger partial charge in [-0.3, -0.25) is 0 Å². The van der Waals surface area contributed by atoms with Crippen LogP contribution in [0.1, 0.15) is 43.7 Å². The summed E-state index contributed by atoms with van der Waals surface area (Å²) in [6, 6.07) is 4.25. The molecule has 0 amide bonds. The van der Waals surface area contributed by atoms with Gasteiger partial charge in [-0.15, -0.1) is 5.10 Å². The van der Waals surface area contributed by atoms with E-state index in [1.807, 2.05) is 18.5 Å². The number of nitrogens with one attached hydrogen (secondary N) is 1. The van der Waals surface area contributed by atoms with Crippen molar-refractivity contribution in [3.63, 3.8) is 0 Å². The van der Waals surface area contributed by atoms with E-state index in [2.05, 4.69) is 53.3 Å². The average molecular weight is 287 g/mol. The van der Waals surface area contributed by atoms with Crippen LogP contribution in [0.25, 0.3) is 5.82 Å². The summed E-state index contributed by atoms with van der Waals surface area (Å²) in [6.07, 6.45) is 0.914. The fraction of sp³-hybridized carbons (Fsp3) is 0.562. The summed E-state index contributed by atoms with van der Waals surface area (Å²) >= 11 is 0. The Hall–Kier alpha value is -1.75. The first kappa shape index (κ1) is 15.6. The number of pyridine rings is 1. The Balaban J connectivity index is 2.27. The van der Waals surface area contributed by atoms with Crippen molar-refractivity contribution in [1.29, 1.82) is 0 Å². The zero-order chi connectivity index (χ0) is 15.4. The predicted octanol–water partition coefficient (Wildman–Crippen LogP) is 2.59. The molecule has 2 rings (SSSR count). The zero-order valence-electron chi connectivity index (χ0n) is 13.6. The third-order valence-corrected chi connectivity index (χ3v) is 3.26. The molecule has 0 bridgehead atoms. The third-order valence-electron chi connectivity index (χ3n) is 3.26. The lowest BCUT2D eigenvalue weighted by Gasteiger charge is -2.11. The summed E-state index contributed by atoms with van der Waals surface area (Å²) < 4.78 is 1.82. The molecule has 5 heteroatoms. The Morgan fingerprint density at radius 3 is 2.52 bits per heavy atom. The molecule has 0 aliphatic rings. The molecule has 0 atom stereocenters. The maximum absolute atomic E-state index is 4.67. The van der Waals surface area contributed by atoms with Gasteiger partial charge in [0.1, 0.15) is 11.6 Å². The molecule has 2 aromatic heterocycles. The highest BCUT2D eigenvalue weighted by molar-refractivity contribution is 5.31. The molecule has 0 aromatic carbocycles. The van der Waals surface area contributed by atoms with E-state index in [-0.39, 0.29) is 0 Å². The molecule has 0 aliphatic carbocycles. The standard InChI is InChI=1S/C16H25N5/c1-6-15-7-14(10-17-9-11(2)3)8-16(19-15)21-13(5)18-12(4)20-21/h7-8,11,17H,6,9-10H2,1-5H3. The number of nitrogens with zero attached hydrogens (tertiary/aromatic N) is 4. The molecule has 0 saturated carbocycles. The number of aromatic nitrogens is 4. The summed E-state index contributed by atoms with van der Waals surface area (Å²) in [5.41, 5.74) is 2.33. The smallest absolute Gasteiger partial charge is 0.156 e. The minimum atomic E-state index is 0.650. The highest BCUT2D eigenvalue weighted by Crippen LogP contribution is 2.12. The summed E-state index contributed by atoms with van der Waals surface area (Å²) in [7, 11) is 0. The van der Waals surface area contributed by atoms with Crippen molar-refractivity contribution in [3.8, 4) is 5.82 Å². The van der Waals surface area contributed by atoms with E-state index in [1.165, 1.54) is 5.56 Å². The Kier molecular flexibility index (Phi) is 5.07. The van der Waals surface area contributed by atoms with Crippen molar-refractivity contribution in [1.82, 2.24) is 25.1 Å². The van der Waals surface area contributed by atoms with E-state index in [0.717, 1.165) is 42.7 Å². The fourth-order valence-electron chi connectivity index (χ4n) is 2.27. The largest absolute Gasteiger partial charge is 0.312 e. The van der Waals surface area contributed by atoms with Crippen LogP contribution in [0.2, 0.25) is 0 Å². The minimum Gasteiger partial charge on any atom is -0.312 e. The quantitative estimate of drug-likeness (QED) is 0.887. The molecule has 0 saturated heterocycles. The van der Waals surface area contributed by atoms with Crippen LogP contribution in [0, 0.1) is 19.8 Å². The van der Waals surface area contributed by atoms with Gasteiger partial charge in [0.2, 0.25) is 0 Å². The van der Waals surface area contributed by atoms with Gasteiger partial charge in [-0.05, 0) is 50.4 Å². The summed E-state index contributed by atoms with van der Waals surface area (Å²) in [5.74, 6) is 3.15. The molecule has 114 valence electrons. The molecule has 2 heterocycles. The fourth-order valence-corrected chi connectivity index (χ4v) is 2.27. The second-order valence-electron chi connectivity index (χ2n) is 5.82. The molecular weight excluding hydrogens is 262 g/mol. The summed E-state index contributed by atoms with van der Waals surface area (Å²) in [4.78, 5) is 9.03. The molecule has 21 heavy (non-hydrogen) atoms. The van der Waals surface area contributed by atoms with Crippen LogP contribution in [0.5, 0.6) is 0 Å². The van der Waals surface area contributed by atoms with Crippen molar-refractivity contribution >= 4 is 0 Å². The van der Waals surface area contributed by atoms with Gasteiger partial charge in [0.25, 0.3) is 0 Å². The van der Waals surface area contributed by atoms with Gasteiger partial charge in [0.05, 0.1) is 0 Å². The SMILES string of the molecule is CCc1cc(CNCC(C)C)cc(-n2nc(C)nc2C)n1. The number of aryl methyl sites for hydroxylation is 3. The lowest BCUT2D eigenvalue weighted by atomic mass is 10.1. The van der Waals surface area contributed by atoms with Gasteiger partial charge in [-0.1, -0.05) is 20.8 Å². The van der Waals surface area contributed by atoms with Crippen LogP contribution in [0.4, 0.5) is 0 Å². The predicted molar refractivity (Wildman–Crippen MR) is 84.6 cm³/mol. The summed E-state index contributed by atoms with van der Waals surface area (Å²) in [5, 5.41) is 7.91. The van der Waals surface area contributed by atoms with Crippen molar-refractivity contribution < 1.29 is 0 Å². The maximum atomic E-state index is 4.67. The third kappa shape index (κ3) is 4.11. The van der Waals surface area contributed by atoms with Crippen LogP contribution >= 0.6 is 0 Å². The van der Waals surface area contributed by atoms with Crippen LogP contribution in [0.3, 0.4) is 0 Å². The van der Waals surface area contributed by atoms with Crippen LogP contribution < -0.4 is 5.32 Å². The van der Waals surface area contributed by atoms with Gasteiger partial charge >= 0.3 is 0 Å². The van der Waals surface area contributed by atoms with E-state index in [9.17, 15) is 0 Å². The first-order valence-corrected chi connectivity index (χ1v) is 7.60. The van der Waals surface area contributed by atoms with Crippen molar-refractivity contribution in [2.75, 3.05) is 6.54 Å². The average Bonchev–Trinajstić information content (AvgIpc) is 2.77. The minimum absolute atomic E-state index is 0.650. The van der Waals surface area contributed by atoms with Gasteiger partial charge in [-0.2, -0.15) is 4.68 Å². The molecule has 2 aromatic rings. The van der Waals surface area contributed by atoms with Gasteiger partial charge in [0, 0.05) is 12.2 Å². The monoisotopic (exact) mass is 287 g/mol. The van der Waals surface area contributed by atoms with Gasteiger partial charge in [0.15, 0.2) is 5.82 Å². The lowest BCUT2D eigenvalue weighted by Crippen LogP contribution is -2.19. The number of hydrogen-bond acceptors (Lipinski definition) is 4. The van der Waals surface area contributed by atoms with Crippen molar-refractivity contribution in [2.24, 2.45) is 5.92 Å². The van der Waals surface area contributed by atoms with E-state index < -0.39 is 0 Å². The highest BCUT2D eigenvalue weighted by Gasteiger charge is 2.09. The molecular formula is C16H25N5. The van der Waals surface area contributed by atoms with Gasteiger partial charge < -0.3 is 5.32 Å². The molecule has 0 radical (unpaired) electrons. The molecule has 1 N–H and O–H groups in total. The first-order chi connectivity index (χ1) is 9.99. The second kappa shape index (κ2) is 6.80. The number of rotatable bonds is 6. The van der Waals surface area contributed by atoms with Crippen LogP contribution in [-0.4, -0.2) is 26.3 Å². The first-order valence-electron chi connectivity index (χ1n) is 7.60. The van der Waals surface area contributed by atoms with Gasteiger partial charge in [-0.25, -0.2) is 9.97 Å². The Morgan fingerprint density at radius 1 is 1.19 bits per heavy atom. The van der Waals surface area contributed by atoms with E-state index >= 15 is 0 Å². The topological polar surface area (TPSA) is 55.6 Å². The van der Waals surface area contributed by atoms with Crippen LogP contribution in [0.15, 0.2) is 12.1 Å². The molecule has 0 aliphatic heterocycles.